The fourth-order valence-electron chi connectivity index (χ4n) is 1.51. The van der Waals surface area contributed by atoms with Crippen LogP contribution in [-0.2, 0) is 14.3 Å². The second kappa shape index (κ2) is 5.19. The summed E-state index contributed by atoms with van der Waals surface area (Å²) in [6.45, 7) is 2.25. The van der Waals surface area contributed by atoms with Crippen LogP contribution in [0, 0.1) is 0 Å². The molecule has 1 N–H and O–H groups in total. The fourth-order valence-corrected chi connectivity index (χ4v) is 1.51. The minimum absolute atomic E-state index is 0.0163. The molecule has 0 aromatic heterocycles. The maximum absolute atomic E-state index is 10.8. The van der Waals surface area contributed by atoms with Crippen LogP contribution in [0.4, 0.5) is 0 Å². The summed E-state index contributed by atoms with van der Waals surface area (Å²) < 4.78 is 10.6. The van der Waals surface area contributed by atoms with Crippen molar-refractivity contribution in [2.45, 2.75) is 38.5 Å². The molecule has 2 atom stereocenters. The highest BCUT2D eigenvalue weighted by Crippen LogP contribution is 2.16. The van der Waals surface area contributed by atoms with Crippen LogP contribution >= 0.6 is 0 Å². The SMILES string of the molecule is CO[C@H](NC(C)=O)[C@H]1CCCCO1. The van der Waals surface area contributed by atoms with Gasteiger partial charge < -0.3 is 14.8 Å². The Morgan fingerprint density at radius 2 is 2.38 bits per heavy atom. The number of amides is 1. The summed E-state index contributed by atoms with van der Waals surface area (Å²) in [6, 6.07) is 0. The molecule has 1 rings (SSSR count). The van der Waals surface area contributed by atoms with Gasteiger partial charge in [-0.1, -0.05) is 0 Å². The monoisotopic (exact) mass is 187 g/mol. The number of rotatable bonds is 3. The lowest BCUT2D eigenvalue weighted by Crippen LogP contribution is -2.46. The third kappa shape index (κ3) is 3.32. The predicted molar refractivity (Wildman–Crippen MR) is 48.2 cm³/mol. The first-order chi connectivity index (χ1) is 6.24. The van der Waals surface area contributed by atoms with E-state index in [1.165, 1.54) is 6.92 Å². The number of methoxy groups -OCH3 is 1. The topological polar surface area (TPSA) is 47.6 Å². The highest BCUT2D eigenvalue weighted by Gasteiger charge is 2.24. The molecule has 1 aliphatic rings. The first kappa shape index (κ1) is 10.5. The van der Waals surface area contributed by atoms with Crippen molar-refractivity contribution in [3.05, 3.63) is 0 Å². The molecule has 1 fully saturated rings. The van der Waals surface area contributed by atoms with Crippen LogP contribution in [0.3, 0.4) is 0 Å². The lowest BCUT2D eigenvalue weighted by Gasteiger charge is -2.29. The molecule has 1 amide bonds. The second-order valence-electron chi connectivity index (χ2n) is 3.26. The molecule has 0 aliphatic carbocycles. The van der Waals surface area contributed by atoms with Crippen molar-refractivity contribution >= 4 is 5.91 Å². The molecule has 76 valence electrons. The first-order valence-corrected chi connectivity index (χ1v) is 4.65. The van der Waals surface area contributed by atoms with Crippen molar-refractivity contribution in [1.29, 1.82) is 0 Å². The molecule has 1 saturated heterocycles. The van der Waals surface area contributed by atoms with E-state index in [2.05, 4.69) is 5.32 Å². The van der Waals surface area contributed by atoms with E-state index >= 15 is 0 Å². The average molecular weight is 187 g/mol. The summed E-state index contributed by atoms with van der Waals surface area (Å²) in [5.74, 6) is -0.0824. The number of carbonyl (C=O) groups is 1. The minimum Gasteiger partial charge on any atom is -0.374 e. The quantitative estimate of drug-likeness (QED) is 0.660. The maximum atomic E-state index is 10.8. The summed E-state index contributed by atoms with van der Waals surface area (Å²) in [5, 5.41) is 2.71. The third-order valence-corrected chi connectivity index (χ3v) is 2.15. The molecule has 0 saturated carbocycles. The van der Waals surface area contributed by atoms with Gasteiger partial charge in [-0.2, -0.15) is 0 Å². The van der Waals surface area contributed by atoms with Crippen LogP contribution in [0.25, 0.3) is 0 Å². The normalized spacial score (nSPS) is 25.2. The molecule has 1 aliphatic heterocycles. The molecular formula is C9H17NO3. The number of hydrogen-bond donors (Lipinski definition) is 1. The van der Waals surface area contributed by atoms with Crippen LogP contribution in [0.15, 0.2) is 0 Å². The Bertz CT molecular complexity index is 166. The number of nitrogens with one attached hydrogen (secondary N) is 1. The van der Waals surface area contributed by atoms with E-state index in [-0.39, 0.29) is 18.2 Å². The van der Waals surface area contributed by atoms with Crippen LogP contribution in [0.1, 0.15) is 26.2 Å². The van der Waals surface area contributed by atoms with Gasteiger partial charge >= 0.3 is 0 Å². The molecular weight excluding hydrogens is 170 g/mol. The molecule has 1 heterocycles. The van der Waals surface area contributed by atoms with Crippen LogP contribution < -0.4 is 5.32 Å². The van der Waals surface area contributed by atoms with Crippen molar-refractivity contribution < 1.29 is 14.3 Å². The van der Waals surface area contributed by atoms with Gasteiger partial charge in [0, 0.05) is 20.6 Å². The van der Waals surface area contributed by atoms with E-state index in [1.807, 2.05) is 0 Å². The zero-order valence-electron chi connectivity index (χ0n) is 8.21. The molecule has 0 aromatic rings. The van der Waals surface area contributed by atoms with E-state index in [4.69, 9.17) is 9.47 Å². The summed E-state index contributed by atoms with van der Waals surface area (Å²) in [7, 11) is 1.58. The van der Waals surface area contributed by atoms with Crippen molar-refractivity contribution in [3.8, 4) is 0 Å². The summed E-state index contributed by atoms with van der Waals surface area (Å²) in [4.78, 5) is 10.8. The van der Waals surface area contributed by atoms with Gasteiger partial charge in [0.1, 0.15) is 6.10 Å². The summed E-state index contributed by atoms with van der Waals surface area (Å²) in [5.41, 5.74) is 0. The van der Waals surface area contributed by atoms with E-state index in [0.717, 1.165) is 25.9 Å². The Labute approximate surface area is 78.6 Å². The van der Waals surface area contributed by atoms with Gasteiger partial charge in [0.2, 0.25) is 5.91 Å². The van der Waals surface area contributed by atoms with Crippen molar-refractivity contribution in [2.24, 2.45) is 0 Å². The molecule has 0 bridgehead atoms. The molecule has 4 heteroatoms. The lowest BCUT2D eigenvalue weighted by molar-refractivity contribution is -0.131. The Morgan fingerprint density at radius 1 is 1.62 bits per heavy atom. The largest absolute Gasteiger partial charge is 0.374 e. The number of ether oxygens (including phenoxy) is 2. The summed E-state index contributed by atoms with van der Waals surface area (Å²) in [6.07, 6.45) is 2.93. The van der Waals surface area contributed by atoms with Gasteiger partial charge in [-0.05, 0) is 19.3 Å². The van der Waals surface area contributed by atoms with Gasteiger partial charge in [-0.15, -0.1) is 0 Å². The Kier molecular flexibility index (Phi) is 4.18. The van der Waals surface area contributed by atoms with Gasteiger partial charge in [-0.3, -0.25) is 4.79 Å². The van der Waals surface area contributed by atoms with Gasteiger partial charge in [0.05, 0.1) is 0 Å². The molecule has 0 spiro atoms. The Balaban J connectivity index is 2.39. The average Bonchev–Trinajstić information content (AvgIpc) is 2.15. The van der Waals surface area contributed by atoms with Crippen molar-refractivity contribution in [1.82, 2.24) is 5.32 Å². The van der Waals surface area contributed by atoms with E-state index in [0.29, 0.717) is 0 Å². The smallest absolute Gasteiger partial charge is 0.218 e. The predicted octanol–water partition coefficient (Wildman–Crippen LogP) is 0.664. The van der Waals surface area contributed by atoms with E-state index in [1.54, 1.807) is 7.11 Å². The van der Waals surface area contributed by atoms with Gasteiger partial charge in [0.25, 0.3) is 0 Å². The first-order valence-electron chi connectivity index (χ1n) is 4.65. The Morgan fingerprint density at radius 3 is 2.85 bits per heavy atom. The van der Waals surface area contributed by atoms with E-state index < -0.39 is 0 Å². The zero-order valence-corrected chi connectivity index (χ0v) is 8.21. The van der Waals surface area contributed by atoms with Gasteiger partial charge in [-0.25, -0.2) is 0 Å². The molecule has 0 aromatic carbocycles. The van der Waals surface area contributed by atoms with Crippen LogP contribution in [0.5, 0.6) is 0 Å². The minimum atomic E-state index is -0.294. The molecule has 4 nitrogen and oxygen atoms in total. The molecule has 0 radical (unpaired) electrons. The van der Waals surface area contributed by atoms with Crippen molar-refractivity contribution in [3.63, 3.8) is 0 Å². The number of hydrogen-bond acceptors (Lipinski definition) is 3. The van der Waals surface area contributed by atoms with Crippen molar-refractivity contribution in [2.75, 3.05) is 13.7 Å². The second-order valence-corrected chi connectivity index (χ2v) is 3.26. The fraction of sp³-hybridized carbons (Fsp3) is 0.889. The van der Waals surface area contributed by atoms with Crippen LogP contribution in [-0.4, -0.2) is 32.0 Å². The number of carbonyl (C=O) groups excluding carboxylic acids is 1. The lowest BCUT2D eigenvalue weighted by atomic mass is 10.1. The maximum Gasteiger partial charge on any atom is 0.218 e. The summed E-state index contributed by atoms with van der Waals surface area (Å²) >= 11 is 0. The zero-order chi connectivity index (χ0) is 9.68. The third-order valence-electron chi connectivity index (χ3n) is 2.15. The van der Waals surface area contributed by atoms with Gasteiger partial charge in [0.15, 0.2) is 6.23 Å². The van der Waals surface area contributed by atoms with E-state index in [9.17, 15) is 4.79 Å². The standard InChI is InChI=1S/C9H17NO3/c1-7(11)10-9(12-2)8-5-3-4-6-13-8/h8-9H,3-6H2,1-2H3,(H,10,11)/t8-,9+/m1/s1. The molecule has 0 unspecified atom stereocenters. The Hall–Kier alpha value is -0.610. The highest BCUT2D eigenvalue weighted by molar-refractivity contribution is 5.73. The van der Waals surface area contributed by atoms with Crippen LogP contribution in [0.2, 0.25) is 0 Å². The highest BCUT2D eigenvalue weighted by atomic mass is 16.5. The molecule has 13 heavy (non-hydrogen) atoms.